The van der Waals surface area contributed by atoms with Gasteiger partial charge in [0.1, 0.15) is 17.2 Å². The third kappa shape index (κ3) is 4.68. The monoisotopic (exact) mass is 523 g/mol. The van der Waals surface area contributed by atoms with E-state index >= 15 is 4.39 Å². The molecule has 188 valence electrons. The molecule has 0 aliphatic carbocycles. The highest BCUT2D eigenvalue weighted by Crippen LogP contribution is 2.30. The van der Waals surface area contributed by atoms with Crippen LogP contribution in [0.3, 0.4) is 0 Å². The zero-order chi connectivity index (χ0) is 26.2. The highest BCUT2D eigenvalue weighted by atomic mass is 32.2. The average Bonchev–Trinajstić information content (AvgIpc) is 3.56. The third-order valence-corrected chi connectivity index (χ3v) is 7.12. The van der Waals surface area contributed by atoms with Crippen LogP contribution >= 0.6 is 0 Å². The van der Waals surface area contributed by atoms with Gasteiger partial charge in [-0.2, -0.15) is 5.21 Å². The maximum Gasteiger partial charge on any atom is 0.232 e. The lowest BCUT2D eigenvalue weighted by atomic mass is 9.99. The molecule has 3 N–H and O–H groups in total. The second kappa shape index (κ2) is 9.50. The molecule has 0 fully saturated rings. The Balaban J connectivity index is 1.51. The number of anilines is 1. The van der Waals surface area contributed by atoms with Crippen LogP contribution in [-0.2, 0) is 10.0 Å². The van der Waals surface area contributed by atoms with Gasteiger partial charge in [-0.05, 0) is 35.4 Å². The van der Waals surface area contributed by atoms with Crippen LogP contribution in [0.1, 0.15) is 29.3 Å². The van der Waals surface area contributed by atoms with Crippen molar-refractivity contribution in [1.82, 2.24) is 30.6 Å². The number of nitrogens with one attached hydrogen (secondary N) is 3. The molecule has 0 bridgehead atoms. The molecule has 0 saturated carbocycles. The first-order chi connectivity index (χ1) is 17.8. The summed E-state index contributed by atoms with van der Waals surface area (Å²) in [7, 11) is -3.98. The molecule has 13 heteroatoms. The molecule has 3 aromatic heterocycles. The molecule has 37 heavy (non-hydrogen) atoms. The number of benzene rings is 2. The fourth-order valence-electron chi connectivity index (χ4n) is 3.89. The molecule has 0 saturated heterocycles. The summed E-state index contributed by atoms with van der Waals surface area (Å²) in [6, 6.07) is 10.8. The van der Waals surface area contributed by atoms with Crippen molar-refractivity contribution in [2.24, 2.45) is 0 Å². The fraction of sp³-hybridized carbons (Fsp3) is 0.125. The van der Waals surface area contributed by atoms with Crippen molar-refractivity contribution in [3.63, 3.8) is 0 Å². The Morgan fingerprint density at radius 3 is 2.49 bits per heavy atom. The standard InChI is InChI=1S/C24H19F2N7O3S/c1-2-9-37(35,36)31-21-19(25)8-7-16(20(21)26)22(34)18-12-28-24-17(18)10-15(11-27-24)13-3-5-14(6-4-13)23-29-32-33-30-23/h3-8,10-12,31H,2,9H2,1H3,(H,27,28)(H,29,30,32,33). The maximum absolute atomic E-state index is 15.2. The Hall–Kier alpha value is -4.52. The first-order valence-electron chi connectivity index (χ1n) is 11.1. The Labute approximate surface area is 209 Å². The average molecular weight is 524 g/mol. The third-order valence-electron chi connectivity index (χ3n) is 5.66. The maximum atomic E-state index is 15.2. The number of halogens is 2. The van der Waals surface area contributed by atoms with Gasteiger partial charge in [0.05, 0.1) is 11.3 Å². The summed E-state index contributed by atoms with van der Waals surface area (Å²) in [5, 5.41) is 14.2. The summed E-state index contributed by atoms with van der Waals surface area (Å²) in [5.74, 6) is -3.06. The van der Waals surface area contributed by atoms with Crippen LogP contribution in [0.25, 0.3) is 33.5 Å². The molecule has 0 amide bonds. The normalized spacial score (nSPS) is 11.6. The van der Waals surface area contributed by atoms with Crippen LogP contribution in [-0.4, -0.2) is 50.5 Å². The number of carbonyl (C=O) groups is 1. The molecular formula is C24H19F2N7O3S. The highest BCUT2D eigenvalue weighted by Gasteiger charge is 2.25. The second-order valence-electron chi connectivity index (χ2n) is 8.17. The molecule has 0 spiro atoms. The summed E-state index contributed by atoms with van der Waals surface area (Å²) in [5.41, 5.74) is 1.35. The largest absolute Gasteiger partial charge is 0.345 e. The summed E-state index contributed by atoms with van der Waals surface area (Å²) in [6.45, 7) is 1.62. The van der Waals surface area contributed by atoms with Gasteiger partial charge in [0.2, 0.25) is 15.8 Å². The van der Waals surface area contributed by atoms with E-state index in [1.807, 2.05) is 29.0 Å². The molecular weight excluding hydrogens is 504 g/mol. The number of pyridine rings is 1. The molecule has 2 aromatic carbocycles. The van der Waals surface area contributed by atoms with E-state index < -0.39 is 38.7 Å². The van der Waals surface area contributed by atoms with Crippen LogP contribution in [0.4, 0.5) is 14.5 Å². The first-order valence-corrected chi connectivity index (χ1v) is 12.8. The SMILES string of the molecule is CCCS(=O)(=O)Nc1c(F)ccc(C(=O)c2c[nH]c3ncc(-c4ccc(-c5nn[nH]n5)cc4)cc23)c1F. The number of carbonyl (C=O) groups excluding carboxylic acids is 1. The van der Waals surface area contributed by atoms with Gasteiger partial charge in [0, 0.05) is 34.5 Å². The zero-order valence-electron chi connectivity index (χ0n) is 19.3. The Morgan fingerprint density at radius 1 is 1.03 bits per heavy atom. The van der Waals surface area contributed by atoms with E-state index in [0.717, 1.165) is 23.3 Å². The summed E-state index contributed by atoms with van der Waals surface area (Å²) < 4.78 is 55.6. The molecule has 0 unspecified atom stereocenters. The smallest absolute Gasteiger partial charge is 0.232 e. The van der Waals surface area contributed by atoms with E-state index in [9.17, 15) is 17.6 Å². The number of hydrogen-bond acceptors (Lipinski definition) is 7. The van der Waals surface area contributed by atoms with Crippen LogP contribution in [0.15, 0.2) is 54.9 Å². The van der Waals surface area contributed by atoms with Crippen molar-refractivity contribution >= 4 is 32.5 Å². The lowest BCUT2D eigenvalue weighted by Gasteiger charge is -2.11. The van der Waals surface area contributed by atoms with Gasteiger partial charge in [0.25, 0.3) is 0 Å². The van der Waals surface area contributed by atoms with Gasteiger partial charge >= 0.3 is 0 Å². The number of fused-ring (bicyclic) bond motifs is 1. The quantitative estimate of drug-likeness (QED) is 0.260. The number of aromatic nitrogens is 6. The Kier molecular flexibility index (Phi) is 6.21. The van der Waals surface area contributed by atoms with Gasteiger partial charge in [-0.15, -0.1) is 10.2 Å². The van der Waals surface area contributed by atoms with Crippen LogP contribution in [0, 0.1) is 11.6 Å². The first kappa shape index (κ1) is 24.2. The van der Waals surface area contributed by atoms with Gasteiger partial charge < -0.3 is 4.98 Å². The highest BCUT2D eigenvalue weighted by molar-refractivity contribution is 7.92. The van der Waals surface area contributed by atoms with E-state index in [0.29, 0.717) is 22.4 Å². The number of aromatic amines is 2. The van der Waals surface area contributed by atoms with Crippen molar-refractivity contribution in [3.8, 4) is 22.5 Å². The van der Waals surface area contributed by atoms with Crippen LogP contribution in [0.2, 0.25) is 0 Å². The van der Waals surface area contributed by atoms with Gasteiger partial charge in [-0.1, -0.05) is 31.2 Å². The molecule has 10 nitrogen and oxygen atoms in total. The minimum atomic E-state index is -3.98. The molecule has 0 aliphatic rings. The van der Waals surface area contributed by atoms with E-state index in [2.05, 4.69) is 30.6 Å². The van der Waals surface area contributed by atoms with Crippen molar-refractivity contribution in [2.45, 2.75) is 13.3 Å². The molecule has 0 aliphatic heterocycles. The molecule has 5 aromatic rings. The number of nitrogens with zero attached hydrogens (tertiary/aromatic N) is 4. The van der Waals surface area contributed by atoms with E-state index in [4.69, 9.17) is 0 Å². The number of sulfonamides is 1. The van der Waals surface area contributed by atoms with Gasteiger partial charge in [-0.3, -0.25) is 9.52 Å². The number of tetrazole rings is 1. The molecule has 3 heterocycles. The van der Waals surface area contributed by atoms with E-state index in [1.165, 1.54) is 6.20 Å². The molecule has 5 rings (SSSR count). The lowest BCUT2D eigenvalue weighted by Crippen LogP contribution is -2.19. The Bertz CT molecular complexity index is 1720. The minimum Gasteiger partial charge on any atom is -0.345 e. The van der Waals surface area contributed by atoms with Crippen molar-refractivity contribution in [3.05, 3.63) is 77.6 Å². The van der Waals surface area contributed by atoms with Crippen molar-refractivity contribution in [2.75, 3.05) is 10.5 Å². The van der Waals surface area contributed by atoms with Crippen molar-refractivity contribution < 1.29 is 22.0 Å². The summed E-state index contributed by atoms with van der Waals surface area (Å²) in [6.07, 6.45) is 3.25. The predicted molar refractivity (Wildman–Crippen MR) is 132 cm³/mol. The number of rotatable bonds is 8. The minimum absolute atomic E-state index is 0.0978. The number of ketones is 1. The lowest BCUT2D eigenvalue weighted by molar-refractivity contribution is 0.103. The summed E-state index contributed by atoms with van der Waals surface area (Å²) in [4.78, 5) is 20.5. The Morgan fingerprint density at radius 2 is 1.78 bits per heavy atom. The predicted octanol–water partition coefficient (Wildman–Crippen LogP) is 4.07. The fourth-order valence-corrected chi connectivity index (χ4v) is 5.02. The van der Waals surface area contributed by atoms with Crippen LogP contribution in [0.5, 0.6) is 0 Å². The number of H-pyrrole nitrogens is 2. The van der Waals surface area contributed by atoms with Gasteiger partial charge in [-0.25, -0.2) is 22.2 Å². The molecule has 0 radical (unpaired) electrons. The molecule has 0 atom stereocenters. The number of hydrogen-bond donors (Lipinski definition) is 3. The van der Waals surface area contributed by atoms with E-state index in [-0.39, 0.29) is 17.7 Å². The topological polar surface area (TPSA) is 146 Å². The van der Waals surface area contributed by atoms with Gasteiger partial charge in [0.15, 0.2) is 11.6 Å². The zero-order valence-corrected chi connectivity index (χ0v) is 20.1. The van der Waals surface area contributed by atoms with Crippen molar-refractivity contribution in [1.29, 1.82) is 0 Å². The summed E-state index contributed by atoms with van der Waals surface area (Å²) >= 11 is 0. The van der Waals surface area contributed by atoms with Crippen LogP contribution < -0.4 is 4.72 Å². The second-order valence-corrected chi connectivity index (χ2v) is 10.0. The van der Waals surface area contributed by atoms with E-state index in [1.54, 1.807) is 19.2 Å².